The Balaban J connectivity index is 2.05. The molecule has 0 aliphatic carbocycles. The largest absolute Gasteiger partial charge is 0.494 e. The van der Waals surface area contributed by atoms with Crippen LogP contribution in [0.3, 0.4) is 0 Å². The Morgan fingerprint density at radius 3 is 2.42 bits per heavy atom. The summed E-state index contributed by atoms with van der Waals surface area (Å²) in [4.78, 5) is 4.20. The lowest BCUT2D eigenvalue weighted by Gasteiger charge is -2.09. The Labute approximate surface area is 113 Å². The fraction of sp³-hybridized carbons (Fsp3) is 0.267. The second-order valence-corrected chi connectivity index (χ2v) is 4.08. The molecule has 0 fully saturated rings. The standard InChI is InChI=1S/C15H19N3O/c1-3-17-13-9-14(11-16-10-13)18-12-5-7-15(8-6-12)19-4-2/h5-11,17-18H,3-4H2,1-2H3. The molecule has 0 aliphatic heterocycles. The highest BCUT2D eigenvalue weighted by Crippen LogP contribution is 2.21. The van der Waals surface area contributed by atoms with Crippen molar-refractivity contribution in [3.63, 3.8) is 0 Å². The molecular weight excluding hydrogens is 238 g/mol. The van der Waals surface area contributed by atoms with Crippen molar-refractivity contribution in [2.45, 2.75) is 13.8 Å². The summed E-state index contributed by atoms with van der Waals surface area (Å²) < 4.78 is 5.41. The van der Waals surface area contributed by atoms with Gasteiger partial charge in [-0.15, -0.1) is 0 Å². The first kappa shape index (κ1) is 13.2. The van der Waals surface area contributed by atoms with E-state index in [4.69, 9.17) is 4.74 Å². The molecule has 2 N–H and O–H groups in total. The van der Waals surface area contributed by atoms with E-state index in [1.54, 1.807) is 6.20 Å². The fourth-order valence-corrected chi connectivity index (χ4v) is 1.78. The zero-order chi connectivity index (χ0) is 13.5. The van der Waals surface area contributed by atoms with E-state index < -0.39 is 0 Å². The molecule has 0 bridgehead atoms. The molecule has 4 heteroatoms. The van der Waals surface area contributed by atoms with Crippen molar-refractivity contribution in [3.8, 4) is 5.75 Å². The van der Waals surface area contributed by atoms with E-state index >= 15 is 0 Å². The van der Waals surface area contributed by atoms with Crippen LogP contribution in [0.1, 0.15) is 13.8 Å². The normalized spacial score (nSPS) is 10.0. The molecule has 0 aliphatic rings. The van der Waals surface area contributed by atoms with Crippen molar-refractivity contribution in [2.24, 2.45) is 0 Å². The predicted molar refractivity (Wildman–Crippen MR) is 79.3 cm³/mol. The molecule has 4 nitrogen and oxygen atoms in total. The molecule has 0 unspecified atom stereocenters. The Kier molecular flexibility index (Phi) is 4.61. The number of aromatic nitrogens is 1. The van der Waals surface area contributed by atoms with Crippen molar-refractivity contribution in [1.82, 2.24) is 4.98 Å². The highest BCUT2D eigenvalue weighted by atomic mass is 16.5. The van der Waals surface area contributed by atoms with Crippen molar-refractivity contribution >= 4 is 17.1 Å². The molecule has 0 amide bonds. The maximum Gasteiger partial charge on any atom is 0.119 e. The average Bonchev–Trinajstić information content (AvgIpc) is 2.42. The fourth-order valence-electron chi connectivity index (χ4n) is 1.78. The van der Waals surface area contributed by atoms with Gasteiger partial charge in [0.15, 0.2) is 0 Å². The number of hydrogen-bond donors (Lipinski definition) is 2. The summed E-state index contributed by atoms with van der Waals surface area (Å²) in [6.07, 6.45) is 3.62. The molecule has 2 rings (SSSR count). The molecule has 100 valence electrons. The van der Waals surface area contributed by atoms with Crippen LogP contribution in [0.25, 0.3) is 0 Å². The summed E-state index contributed by atoms with van der Waals surface area (Å²) in [5, 5.41) is 6.55. The van der Waals surface area contributed by atoms with Gasteiger partial charge in [-0.1, -0.05) is 0 Å². The van der Waals surface area contributed by atoms with Gasteiger partial charge in [-0.2, -0.15) is 0 Å². The van der Waals surface area contributed by atoms with Crippen molar-refractivity contribution < 1.29 is 4.74 Å². The second kappa shape index (κ2) is 6.64. The average molecular weight is 257 g/mol. The number of ether oxygens (including phenoxy) is 1. The first-order valence-electron chi connectivity index (χ1n) is 6.50. The summed E-state index contributed by atoms with van der Waals surface area (Å²) in [5.41, 5.74) is 2.99. The Morgan fingerprint density at radius 1 is 1.00 bits per heavy atom. The van der Waals surface area contributed by atoms with E-state index in [9.17, 15) is 0 Å². The lowest BCUT2D eigenvalue weighted by Crippen LogP contribution is -1.98. The van der Waals surface area contributed by atoms with Crippen LogP contribution in [0.2, 0.25) is 0 Å². The summed E-state index contributed by atoms with van der Waals surface area (Å²) in [6, 6.07) is 9.92. The molecule has 2 aromatic rings. The molecule has 0 spiro atoms. The highest BCUT2D eigenvalue weighted by Gasteiger charge is 1.98. The summed E-state index contributed by atoms with van der Waals surface area (Å²) in [6.45, 7) is 5.60. The van der Waals surface area contributed by atoms with Gasteiger partial charge in [0.05, 0.1) is 30.4 Å². The van der Waals surface area contributed by atoms with Gasteiger partial charge in [0.2, 0.25) is 0 Å². The van der Waals surface area contributed by atoms with Gasteiger partial charge in [0.1, 0.15) is 5.75 Å². The van der Waals surface area contributed by atoms with Crippen LogP contribution in [-0.4, -0.2) is 18.1 Å². The molecule has 1 heterocycles. The maximum absolute atomic E-state index is 5.41. The third-order valence-electron chi connectivity index (χ3n) is 2.57. The van der Waals surface area contributed by atoms with Crippen LogP contribution in [0.15, 0.2) is 42.7 Å². The third-order valence-corrected chi connectivity index (χ3v) is 2.57. The molecule has 0 saturated carbocycles. The van der Waals surface area contributed by atoms with Gasteiger partial charge in [-0.05, 0) is 44.2 Å². The summed E-state index contributed by atoms with van der Waals surface area (Å²) >= 11 is 0. The van der Waals surface area contributed by atoms with Gasteiger partial charge in [0, 0.05) is 12.2 Å². The van der Waals surface area contributed by atoms with Gasteiger partial charge in [-0.25, -0.2) is 0 Å². The third kappa shape index (κ3) is 3.88. The van der Waals surface area contributed by atoms with Gasteiger partial charge in [0.25, 0.3) is 0 Å². The van der Waals surface area contributed by atoms with E-state index in [0.29, 0.717) is 6.61 Å². The number of nitrogens with zero attached hydrogens (tertiary/aromatic N) is 1. The Hall–Kier alpha value is -2.23. The minimum absolute atomic E-state index is 0.682. The molecule has 19 heavy (non-hydrogen) atoms. The summed E-state index contributed by atoms with van der Waals surface area (Å²) in [5.74, 6) is 0.882. The zero-order valence-electron chi connectivity index (χ0n) is 11.3. The number of hydrogen-bond acceptors (Lipinski definition) is 4. The molecule has 1 aromatic carbocycles. The van der Waals surface area contributed by atoms with E-state index in [-0.39, 0.29) is 0 Å². The SMILES string of the molecule is CCNc1cncc(Nc2ccc(OCC)cc2)c1. The number of anilines is 3. The van der Waals surface area contributed by atoms with Crippen LogP contribution in [0.4, 0.5) is 17.1 Å². The van der Waals surface area contributed by atoms with E-state index in [2.05, 4.69) is 22.5 Å². The number of nitrogens with one attached hydrogen (secondary N) is 2. The predicted octanol–water partition coefficient (Wildman–Crippen LogP) is 3.66. The van der Waals surface area contributed by atoms with Gasteiger partial charge in [-0.3, -0.25) is 4.98 Å². The van der Waals surface area contributed by atoms with Crippen LogP contribution >= 0.6 is 0 Å². The Morgan fingerprint density at radius 2 is 1.74 bits per heavy atom. The van der Waals surface area contributed by atoms with Crippen LogP contribution in [0.5, 0.6) is 5.75 Å². The first-order valence-corrected chi connectivity index (χ1v) is 6.50. The minimum Gasteiger partial charge on any atom is -0.494 e. The maximum atomic E-state index is 5.41. The van der Waals surface area contributed by atoms with Crippen LogP contribution in [0, 0.1) is 0 Å². The van der Waals surface area contributed by atoms with Gasteiger partial charge < -0.3 is 15.4 Å². The second-order valence-electron chi connectivity index (χ2n) is 4.08. The van der Waals surface area contributed by atoms with Gasteiger partial charge >= 0.3 is 0 Å². The lowest BCUT2D eigenvalue weighted by atomic mass is 10.3. The monoisotopic (exact) mass is 257 g/mol. The number of benzene rings is 1. The molecule has 0 atom stereocenters. The number of rotatable bonds is 6. The smallest absolute Gasteiger partial charge is 0.119 e. The zero-order valence-corrected chi connectivity index (χ0v) is 11.3. The molecule has 0 radical (unpaired) electrons. The van der Waals surface area contributed by atoms with Crippen LogP contribution < -0.4 is 15.4 Å². The molecule has 1 aromatic heterocycles. The lowest BCUT2D eigenvalue weighted by molar-refractivity contribution is 0.340. The van der Waals surface area contributed by atoms with E-state index in [0.717, 1.165) is 29.4 Å². The van der Waals surface area contributed by atoms with E-state index in [1.807, 2.05) is 43.5 Å². The summed E-state index contributed by atoms with van der Waals surface area (Å²) in [7, 11) is 0. The van der Waals surface area contributed by atoms with Crippen molar-refractivity contribution in [3.05, 3.63) is 42.7 Å². The first-order chi connectivity index (χ1) is 9.31. The molecule has 0 saturated heterocycles. The minimum atomic E-state index is 0.682. The topological polar surface area (TPSA) is 46.2 Å². The van der Waals surface area contributed by atoms with Crippen molar-refractivity contribution in [1.29, 1.82) is 0 Å². The van der Waals surface area contributed by atoms with Crippen LogP contribution in [-0.2, 0) is 0 Å². The van der Waals surface area contributed by atoms with E-state index in [1.165, 1.54) is 0 Å². The Bertz CT molecular complexity index is 511. The van der Waals surface area contributed by atoms with Crippen molar-refractivity contribution in [2.75, 3.05) is 23.8 Å². The number of pyridine rings is 1. The molecular formula is C15H19N3O. The quantitative estimate of drug-likeness (QED) is 0.829. The highest BCUT2D eigenvalue weighted by molar-refractivity contribution is 5.63.